The van der Waals surface area contributed by atoms with Crippen LogP contribution in [0.3, 0.4) is 0 Å². The fourth-order valence-electron chi connectivity index (χ4n) is 12.2. The molecule has 5 aromatic rings. The maximum atomic E-state index is 16.0. The number of carbonyl (C=O) groups is 8. The first-order valence-electron chi connectivity index (χ1n) is 31.2. The van der Waals surface area contributed by atoms with E-state index in [4.69, 9.17) is 68.8 Å². The average molecular weight is 1440 g/mol. The number of primary amides is 1. The summed E-state index contributed by atoms with van der Waals surface area (Å²) in [5.41, 5.74) is 14.2. The second-order valence-electron chi connectivity index (χ2n) is 25.2. The van der Waals surface area contributed by atoms with Crippen LogP contribution in [0, 0.1) is 5.92 Å². The Kier molecular flexibility index (Phi) is 21.7. The van der Waals surface area contributed by atoms with E-state index in [0.717, 1.165) is 66.7 Å². The fourth-order valence-corrected chi connectivity index (χ4v) is 12.6. The number of benzene rings is 5. The van der Waals surface area contributed by atoms with Gasteiger partial charge in [0, 0.05) is 34.7 Å². The van der Waals surface area contributed by atoms with Gasteiger partial charge in [0.1, 0.15) is 89.5 Å². The molecule has 2 fully saturated rings. The summed E-state index contributed by atoms with van der Waals surface area (Å²) in [4.78, 5) is 116. The van der Waals surface area contributed by atoms with E-state index >= 15 is 14.4 Å². The van der Waals surface area contributed by atoms with Gasteiger partial charge in [-0.05, 0) is 96.6 Å². The highest BCUT2D eigenvalue weighted by Crippen LogP contribution is 2.50. The van der Waals surface area contributed by atoms with E-state index in [1.807, 2.05) is 0 Å². The molecule has 0 spiro atoms. The fraction of sp³-hybridized carbons (Fsp3) is 0.415. The van der Waals surface area contributed by atoms with Gasteiger partial charge in [-0.25, -0.2) is 4.79 Å². The maximum Gasteiger partial charge on any atom is 0.330 e. The molecule has 0 aromatic heterocycles. The van der Waals surface area contributed by atoms with Gasteiger partial charge in [-0.15, -0.1) is 0 Å². The molecule has 2 saturated heterocycles. The highest BCUT2D eigenvalue weighted by molar-refractivity contribution is 6.32. The quantitative estimate of drug-likeness (QED) is 0.0772. The van der Waals surface area contributed by atoms with E-state index in [0.29, 0.717) is 6.42 Å². The van der Waals surface area contributed by atoms with Gasteiger partial charge in [-0.3, -0.25) is 33.6 Å². The Morgan fingerprint density at radius 3 is 1.91 bits per heavy atom. The summed E-state index contributed by atoms with van der Waals surface area (Å²) in [6.45, 7) is 5.39. The van der Waals surface area contributed by atoms with Gasteiger partial charge < -0.3 is 129 Å². The van der Waals surface area contributed by atoms with Gasteiger partial charge >= 0.3 is 5.97 Å². The number of ether oxygens (including phenoxy) is 6. The molecule has 536 valence electrons. The zero-order chi connectivity index (χ0) is 72.8. The van der Waals surface area contributed by atoms with E-state index in [-0.39, 0.29) is 33.9 Å². The number of nitrogens with one attached hydrogen (secondary N) is 6. The predicted molar refractivity (Wildman–Crippen MR) is 344 cm³/mol. The van der Waals surface area contributed by atoms with Gasteiger partial charge in [0.2, 0.25) is 53.4 Å². The van der Waals surface area contributed by atoms with Crippen molar-refractivity contribution in [1.82, 2.24) is 31.9 Å². The Morgan fingerprint density at radius 2 is 1.32 bits per heavy atom. The lowest BCUT2D eigenvalue weighted by Crippen LogP contribution is -2.64. The number of carboxylic acid groups (broad SMARTS) is 1. The lowest BCUT2D eigenvalue weighted by molar-refractivity contribution is -0.333. The molecule has 19 atom stereocenters. The standard InChI is InChI=1S/C65H73Cl2N9O24/c1-5-22(2)44(69)58(88)75-48-50(82)25-7-10-36(31(66)13-25)96-38-15-27-16-39(54(38)100-64-55(53(85)52(84)40(21-77)98-64)99-42-20-65(4,70)56(86)23(3)95-42)97-37-11-8-26(14-32(37)67)51(83)49-62(92)74-47(63(93)94)30-17-28(78)18-35(80)43(30)29-12-24(6-9-34(29)79)45(59(89)76-49)73-60(90)46(27)72-57(87)33(19-41(68)81)71-61(48)91/h6-18,22-23,33,40,42,44-53,55-56,64,77-80,82-86H,5,19-21,69-70H2,1-4H3,(H2,68,81)(H,71,91)(H,72,87)(H,73,90)(H,74,92)(H,75,88)(H,76,89)(H,93,94)/t22?,23-,33-,40+,42-,44+,45+,46+,47-,48+,49-,50+,51+,52+,53-,55+,56+,64-,65-/m0/s1. The van der Waals surface area contributed by atoms with Gasteiger partial charge in [0.25, 0.3) is 0 Å². The molecule has 7 aliphatic rings. The largest absolute Gasteiger partial charge is 0.508 e. The summed E-state index contributed by atoms with van der Waals surface area (Å²) < 4.78 is 38.2. The number of carboxylic acids is 1. The van der Waals surface area contributed by atoms with Crippen molar-refractivity contribution in [3.63, 3.8) is 0 Å². The van der Waals surface area contributed by atoms with Crippen molar-refractivity contribution < 1.29 is 118 Å². The van der Waals surface area contributed by atoms with Crippen molar-refractivity contribution in [1.29, 1.82) is 0 Å². The topological polar surface area (TPSA) is 544 Å². The Labute approximate surface area is 577 Å². The third-order valence-electron chi connectivity index (χ3n) is 18.0. The Balaban J connectivity index is 1.24. The molecule has 33 nitrogen and oxygen atoms in total. The molecule has 7 aliphatic heterocycles. The molecule has 35 heteroatoms. The number of phenols is 3. The van der Waals surface area contributed by atoms with Crippen molar-refractivity contribution in [2.45, 2.75) is 156 Å². The molecule has 11 bridgehead atoms. The Bertz CT molecular complexity index is 4060. The molecule has 5 aromatic carbocycles. The van der Waals surface area contributed by atoms with Crippen LogP contribution in [0.2, 0.25) is 10.0 Å². The zero-order valence-corrected chi connectivity index (χ0v) is 54.9. The van der Waals surface area contributed by atoms with E-state index in [1.165, 1.54) is 26.0 Å². The van der Waals surface area contributed by atoms with E-state index in [2.05, 4.69) is 31.9 Å². The number of phenolic OH excluding ortho intramolecular Hbond substituents is 3. The van der Waals surface area contributed by atoms with Crippen LogP contribution in [0.25, 0.3) is 11.1 Å². The summed E-state index contributed by atoms with van der Waals surface area (Å²) in [7, 11) is 0. The number of aliphatic hydroxyl groups is 6. The third-order valence-corrected chi connectivity index (χ3v) is 18.6. The zero-order valence-electron chi connectivity index (χ0n) is 53.4. The number of aliphatic carboxylic acids is 1. The second-order valence-corrected chi connectivity index (χ2v) is 26.0. The lowest BCUT2D eigenvalue weighted by atomic mass is 9.86. The van der Waals surface area contributed by atoms with Crippen LogP contribution in [0.1, 0.15) is 105 Å². The lowest BCUT2D eigenvalue weighted by Gasteiger charge is -2.47. The molecule has 12 rings (SSSR count). The molecule has 0 radical (unpaired) electrons. The van der Waals surface area contributed by atoms with Gasteiger partial charge in [0.15, 0.2) is 29.9 Å². The minimum atomic E-state index is -2.35. The van der Waals surface area contributed by atoms with Crippen LogP contribution in [0.4, 0.5) is 0 Å². The minimum absolute atomic E-state index is 0.188. The highest BCUT2D eigenvalue weighted by atomic mass is 35.5. The first-order valence-corrected chi connectivity index (χ1v) is 32.0. The van der Waals surface area contributed by atoms with Crippen LogP contribution in [0.15, 0.2) is 78.9 Å². The summed E-state index contributed by atoms with van der Waals surface area (Å²) in [5.74, 6) is -16.7. The second kappa shape index (κ2) is 29.6. The Hall–Kier alpha value is -9.20. The van der Waals surface area contributed by atoms with Crippen LogP contribution in [-0.2, 0) is 52.6 Å². The third kappa shape index (κ3) is 15.1. The number of amides is 7. The molecule has 100 heavy (non-hydrogen) atoms. The van der Waals surface area contributed by atoms with Crippen LogP contribution in [-0.4, -0.2) is 184 Å². The van der Waals surface area contributed by atoms with Crippen molar-refractivity contribution in [3.05, 3.63) is 117 Å². The molecule has 0 aliphatic carbocycles. The van der Waals surface area contributed by atoms with Gasteiger partial charge in [0.05, 0.1) is 41.3 Å². The molecule has 0 saturated carbocycles. The van der Waals surface area contributed by atoms with Gasteiger partial charge in [-0.1, -0.05) is 61.7 Å². The number of aliphatic hydroxyl groups excluding tert-OH is 6. The summed E-state index contributed by atoms with van der Waals surface area (Å²) in [5, 5.41) is 127. The van der Waals surface area contributed by atoms with Crippen molar-refractivity contribution in [3.8, 4) is 57.1 Å². The van der Waals surface area contributed by atoms with Crippen molar-refractivity contribution in [2.75, 3.05) is 6.61 Å². The number of carbonyl (C=O) groups excluding carboxylic acids is 7. The number of halogens is 2. The average Bonchev–Trinajstić information content (AvgIpc) is 0.769. The van der Waals surface area contributed by atoms with Crippen LogP contribution in [0.5, 0.6) is 46.0 Å². The number of rotatable bonds is 12. The van der Waals surface area contributed by atoms with E-state index < -0.39 is 243 Å². The van der Waals surface area contributed by atoms with Crippen LogP contribution < -0.4 is 63.3 Å². The first kappa shape index (κ1) is 73.5. The molecule has 1 unspecified atom stereocenters. The van der Waals surface area contributed by atoms with Crippen LogP contribution >= 0.6 is 23.2 Å². The van der Waals surface area contributed by atoms with E-state index in [9.17, 15) is 75.0 Å². The number of hydrogen-bond donors (Lipinski definition) is 19. The molecule has 7 heterocycles. The molecular weight excluding hydrogens is 1360 g/mol. The maximum absolute atomic E-state index is 16.0. The molecular formula is C65H73Cl2N9O24. The predicted octanol–water partition coefficient (Wildman–Crippen LogP) is -0.154. The van der Waals surface area contributed by atoms with Gasteiger partial charge in [-0.2, -0.15) is 0 Å². The summed E-state index contributed by atoms with van der Waals surface area (Å²) in [6.07, 6.45) is -18.5. The number of fused-ring (bicyclic) bond motifs is 15. The van der Waals surface area contributed by atoms with Crippen molar-refractivity contribution in [2.24, 2.45) is 23.1 Å². The number of nitrogens with two attached hydrogens (primary N) is 3. The van der Waals surface area contributed by atoms with E-state index in [1.54, 1.807) is 13.8 Å². The normalized spacial score (nSPS) is 29.9. The highest BCUT2D eigenvalue weighted by Gasteiger charge is 2.51. The SMILES string of the molecule is CCC(C)[C@@H](N)C(=O)N[C@H]1C(=O)N[C@@H](CC(N)=O)C(=O)N[C@H]2C(=O)N[C@H]3C(=O)N[C@H](C(=O)N[C@H](C(=O)O)c4cc(O)cc(O)c4-c4cc3ccc4O)[C@H](O)c3ccc(c(Cl)c3)Oc3cc2cc(c3O[C@@H]2O[C@H](CO)[C@@H](O)[C@H](O)[C@H]2O[C@H]2C[C@](C)(N)[C@H](O)[C@H](C)O2)Oc2ccc(cc2Cl)[C@H]1O. The van der Waals surface area contributed by atoms with Crippen molar-refractivity contribution >= 4 is 70.5 Å². The smallest absolute Gasteiger partial charge is 0.330 e. The number of hydrogen-bond acceptors (Lipinski definition) is 25. The first-order chi connectivity index (χ1) is 47.2. The molecule has 7 amide bonds. The number of aromatic hydroxyl groups is 3. The minimum Gasteiger partial charge on any atom is -0.508 e. The Morgan fingerprint density at radius 1 is 0.720 bits per heavy atom. The monoisotopic (exact) mass is 1430 g/mol. The molecule has 22 N–H and O–H groups in total. The summed E-state index contributed by atoms with van der Waals surface area (Å²) in [6, 6.07) is -1.19. The summed E-state index contributed by atoms with van der Waals surface area (Å²) >= 11 is 14.1.